The van der Waals surface area contributed by atoms with E-state index in [1.54, 1.807) is 12.1 Å². The fourth-order valence-electron chi connectivity index (χ4n) is 1.69. The molecule has 0 radical (unpaired) electrons. The third-order valence-electron chi connectivity index (χ3n) is 2.50. The van der Waals surface area contributed by atoms with E-state index >= 15 is 0 Å². The van der Waals surface area contributed by atoms with Crippen LogP contribution in [-0.4, -0.2) is 9.79 Å². The lowest BCUT2D eigenvalue weighted by molar-refractivity contribution is 0.375. The van der Waals surface area contributed by atoms with Crippen LogP contribution in [0.5, 0.6) is 5.75 Å². The zero-order valence-electron chi connectivity index (χ0n) is 9.37. The van der Waals surface area contributed by atoms with Crippen molar-refractivity contribution in [3.8, 4) is 16.9 Å². The Labute approximate surface area is 101 Å². The molecule has 0 heterocycles. The first-order valence-corrected chi connectivity index (χ1v) is 6.35. The SMILES string of the molecule is Cc1ccccc1-c1ccc(OP(O)O)cc1. The monoisotopic (exact) mass is 248 g/mol. The smallest absolute Gasteiger partial charge is 0.391 e. The third kappa shape index (κ3) is 3.04. The van der Waals surface area contributed by atoms with E-state index in [4.69, 9.17) is 14.3 Å². The highest BCUT2D eigenvalue weighted by molar-refractivity contribution is 7.39. The van der Waals surface area contributed by atoms with Gasteiger partial charge in [0.25, 0.3) is 0 Å². The largest absolute Gasteiger partial charge is 0.427 e. The molecule has 0 saturated carbocycles. The molecule has 3 nitrogen and oxygen atoms in total. The van der Waals surface area contributed by atoms with Crippen LogP contribution in [0.15, 0.2) is 48.5 Å². The molecule has 17 heavy (non-hydrogen) atoms. The Kier molecular flexibility index (Phi) is 3.75. The first kappa shape index (κ1) is 12.1. The van der Waals surface area contributed by atoms with Crippen LogP contribution in [0.4, 0.5) is 0 Å². The molecule has 88 valence electrons. The van der Waals surface area contributed by atoms with Gasteiger partial charge in [0.2, 0.25) is 0 Å². The van der Waals surface area contributed by atoms with Gasteiger partial charge in [-0.25, -0.2) is 0 Å². The van der Waals surface area contributed by atoms with E-state index < -0.39 is 8.60 Å². The van der Waals surface area contributed by atoms with E-state index in [0.717, 1.165) is 11.1 Å². The predicted octanol–water partition coefficient (Wildman–Crippen LogP) is 3.25. The van der Waals surface area contributed by atoms with Gasteiger partial charge in [-0.2, -0.15) is 0 Å². The van der Waals surface area contributed by atoms with Gasteiger partial charge in [-0.1, -0.05) is 36.4 Å². The van der Waals surface area contributed by atoms with Crippen molar-refractivity contribution in [2.75, 3.05) is 0 Å². The first-order chi connectivity index (χ1) is 8.16. The average molecular weight is 248 g/mol. The molecule has 0 aliphatic carbocycles. The average Bonchev–Trinajstić information content (AvgIpc) is 2.30. The van der Waals surface area contributed by atoms with Crippen LogP contribution < -0.4 is 4.52 Å². The van der Waals surface area contributed by atoms with Gasteiger partial charge in [-0.05, 0) is 35.7 Å². The molecular weight excluding hydrogens is 235 g/mol. The van der Waals surface area contributed by atoms with Gasteiger partial charge >= 0.3 is 8.60 Å². The summed E-state index contributed by atoms with van der Waals surface area (Å²) in [6.07, 6.45) is 0. The van der Waals surface area contributed by atoms with Crippen LogP contribution in [0.2, 0.25) is 0 Å². The zero-order valence-corrected chi connectivity index (χ0v) is 10.3. The van der Waals surface area contributed by atoms with Crippen molar-refractivity contribution < 1.29 is 14.3 Å². The lowest BCUT2D eigenvalue weighted by atomic mass is 10.0. The quantitative estimate of drug-likeness (QED) is 0.820. The summed E-state index contributed by atoms with van der Waals surface area (Å²) in [5, 5.41) is 0. The molecule has 2 aromatic carbocycles. The summed E-state index contributed by atoms with van der Waals surface area (Å²) >= 11 is 0. The van der Waals surface area contributed by atoms with E-state index in [-0.39, 0.29) is 0 Å². The first-order valence-electron chi connectivity index (χ1n) is 5.19. The molecule has 0 spiro atoms. The number of benzene rings is 2. The summed E-state index contributed by atoms with van der Waals surface area (Å²) in [5.41, 5.74) is 3.44. The molecule has 0 unspecified atom stereocenters. The van der Waals surface area contributed by atoms with E-state index in [1.165, 1.54) is 5.56 Å². The normalized spacial score (nSPS) is 10.6. The molecule has 0 aromatic heterocycles. The van der Waals surface area contributed by atoms with Crippen molar-refractivity contribution >= 4 is 8.60 Å². The van der Waals surface area contributed by atoms with Gasteiger partial charge in [0, 0.05) is 0 Å². The Bertz CT molecular complexity index is 494. The zero-order chi connectivity index (χ0) is 12.3. The van der Waals surface area contributed by atoms with Crippen molar-refractivity contribution in [1.29, 1.82) is 0 Å². The Morgan fingerprint density at radius 2 is 1.59 bits per heavy atom. The minimum absolute atomic E-state index is 0.457. The number of rotatable bonds is 3. The second-order valence-corrected chi connectivity index (χ2v) is 4.37. The van der Waals surface area contributed by atoms with Crippen LogP contribution in [0, 0.1) is 6.92 Å². The molecule has 0 fully saturated rings. The molecule has 0 bridgehead atoms. The van der Waals surface area contributed by atoms with Crippen molar-refractivity contribution in [3.05, 3.63) is 54.1 Å². The standard InChI is InChI=1S/C13H13O3P/c1-10-4-2-3-5-13(10)11-6-8-12(9-7-11)16-17(14)15/h2-9,14-15H,1H3. The Hall–Kier alpha value is -1.41. The molecule has 4 heteroatoms. The third-order valence-corrected chi connectivity index (χ3v) is 2.87. The summed E-state index contributed by atoms with van der Waals surface area (Å²) < 4.78 is 4.81. The van der Waals surface area contributed by atoms with Gasteiger partial charge in [0.05, 0.1) is 0 Å². The fourth-order valence-corrected chi connectivity index (χ4v) is 2.00. The van der Waals surface area contributed by atoms with Crippen molar-refractivity contribution in [1.82, 2.24) is 0 Å². The highest BCUT2D eigenvalue weighted by Crippen LogP contribution is 2.31. The molecule has 2 aromatic rings. The number of aryl methyl sites for hydroxylation is 1. The molecule has 0 amide bonds. The van der Waals surface area contributed by atoms with E-state index in [0.29, 0.717) is 5.75 Å². The van der Waals surface area contributed by atoms with E-state index in [1.807, 2.05) is 24.3 Å². The van der Waals surface area contributed by atoms with Crippen molar-refractivity contribution in [3.63, 3.8) is 0 Å². The van der Waals surface area contributed by atoms with Gasteiger partial charge in [-0.15, -0.1) is 0 Å². The summed E-state index contributed by atoms with van der Waals surface area (Å²) in [6.45, 7) is 2.06. The summed E-state index contributed by atoms with van der Waals surface area (Å²) in [7, 11) is -2.35. The molecule has 0 atom stereocenters. The van der Waals surface area contributed by atoms with E-state index in [2.05, 4.69) is 19.1 Å². The summed E-state index contributed by atoms with van der Waals surface area (Å²) in [4.78, 5) is 17.5. The lowest BCUT2D eigenvalue weighted by Gasteiger charge is -2.08. The van der Waals surface area contributed by atoms with Crippen LogP contribution in [0.25, 0.3) is 11.1 Å². The Morgan fingerprint density at radius 3 is 2.18 bits per heavy atom. The fraction of sp³-hybridized carbons (Fsp3) is 0.0769. The second kappa shape index (κ2) is 5.28. The molecular formula is C13H13O3P. The maximum atomic E-state index is 8.73. The molecule has 0 aliphatic heterocycles. The number of hydrogen-bond acceptors (Lipinski definition) is 3. The molecule has 2 N–H and O–H groups in total. The van der Waals surface area contributed by atoms with Crippen LogP contribution in [0.1, 0.15) is 5.56 Å². The Balaban J connectivity index is 2.27. The second-order valence-electron chi connectivity index (χ2n) is 3.68. The Morgan fingerprint density at radius 1 is 0.941 bits per heavy atom. The van der Waals surface area contributed by atoms with Crippen LogP contribution in [-0.2, 0) is 0 Å². The minimum atomic E-state index is -2.35. The van der Waals surface area contributed by atoms with Gasteiger partial charge in [-0.3, -0.25) is 0 Å². The van der Waals surface area contributed by atoms with E-state index in [9.17, 15) is 0 Å². The topological polar surface area (TPSA) is 49.7 Å². The van der Waals surface area contributed by atoms with Gasteiger partial charge < -0.3 is 14.3 Å². The maximum absolute atomic E-state index is 8.73. The lowest BCUT2D eigenvalue weighted by Crippen LogP contribution is -1.86. The minimum Gasteiger partial charge on any atom is -0.427 e. The summed E-state index contributed by atoms with van der Waals surface area (Å²) in [5.74, 6) is 0.457. The molecule has 0 saturated heterocycles. The maximum Gasteiger partial charge on any atom is 0.391 e. The van der Waals surface area contributed by atoms with Crippen LogP contribution in [0.3, 0.4) is 0 Å². The van der Waals surface area contributed by atoms with Gasteiger partial charge in [0.15, 0.2) is 0 Å². The summed E-state index contributed by atoms with van der Waals surface area (Å²) in [6, 6.07) is 15.4. The highest BCUT2D eigenvalue weighted by atomic mass is 31.2. The van der Waals surface area contributed by atoms with Crippen molar-refractivity contribution in [2.24, 2.45) is 0 Å². The highest BCUT2D eigenvalue weighted by Gasteiger charge is 2.04. The molecule has 0 aliphatic rings. The molecule has 2 rings (SSSR count). The van der Waals surface area contributed by atoms with Crippen molar-refractivity contribution in [2.45, 2.75) is 6.92 Å². The predicted molar refractivity (Wildman–Crippen MR) is 68.6 cm³/mol. The van der Waals surface area contributed by atoms with Crippen LogP contribution >= 0.6 is 8.60 Å². The number of hydrogen-bond donors (Lipinski definition) is 2. The van der Waals surface area contributed by atoms with Gasteiger partial charge in [0.1, 0.15) is 5.75 Å².